The molecule has 1 heterocycles. The minimum atomic E-state index is -3.63. The third kappa shape index (κ3) is 2.93. The molecule has 0 fully saturated rings. The van der Waals surface area contributed by atoms with E-state index in [1.807, 2.05) is 0 Å². The van der Waals surface area contributed by atoms with Crippen LogP contribution >= 0.6 is 0 Å². The molecule has 1 rings (SSSR count). The van der Waals surface area contributed by atoms with Crippen LogP contribution in [0.5, 0.6) is 0 Å². The fourth-order valence-corrected chi connectivity index (χ4v) is 1.74. The second-order valence-corrected chi connectivity index (χ2v) is 5.26. The third-order valence-corrected chi connectivity index (χ3v) is 3.71. The van der Waals surface area contributed by atoms with Gasteiger partial charge in [-0.2, -0.15) is 0 Å². The van der Waals surface area contributed by atoms with Crippen LogP contribution in [0.4, 0.5) is 4.39 Å². The summed E-state index contributed by atoms with van der Waals surface area (Å²) in [6.07, 6.45) is 1.99. The SMILES string of the molecule is C[C@H]([C@@H](C)c1ncc(F)cn1)S(N)(=O)=O. The van der Waals surface area contributed by atoms with Crippen LogP contribution in [0.2, 0.25) is 0 Å². The first kappa shape index (κ1) is 12.0. The van der Waals surface area contributed by atoms with E-state index in [9.17, 15) is 12.8 Å². The molecule has 7 heteroatoms. The number of nitrogens with two attached hydrogens (primary N) is 1. The van der Waals surface area contributed by atoms with Gasteiger partial charge in [0, 0.05) is 5.92 Å². The van der Waals surface area contributed by atoms with Gasteiger partial charge < -0.3 is 0 Å². The van der Waals surface area contributed by atoms with Crippen LogP contribution in [-0.2, 0) is 10.0 Å². The standard InChI is InChI=1S/C8H12FN3O2S/c1-5(6(2)15(10,13)14)8-11-3-7(9)4-12-8/h3-6H,1-2H3,(H2,10,13,14)/t5-,6-/m1/s1. The predicted octanol–water partition coefficient (Wildman–Crippen LogP) is 0.396. The summed E-state index contributed by atoms with van der Waals surface area (Å²) >= 11 is 0. The highest BCUT2D eigenvalue weighted by Crippen LogP contribution is 2.18. The van der Waals surface area contributed by atoms with Gasteiger partial charge in [0.25, 0.3) is 0 Å². The average molecular weight is 233 g/mol. The van der Waals surface area contributed by atoms with Crippen LogP contribution in [-0.4, -0.2) is 23.6 Å². The number of sulfonamides is 1. The summed E-state index contributed by atoms with van der Waals surface area (Å²) in [4.78, 5) is 7.41. The van der Waals surface area contributed by atoms with E-state index < -0.39 is 27.0 Å². The van der Waals surface area contributed by atoms with Gasteiger partial charge >= 0.3 is 0 Å². The van der Waals surface area contributed by atoms with E-state index in [1.54, 1.807) is 6.92 Å². The van der Waals surface area contributed by atoms with E-state index in [0.29, 0.717) is 0 Å². The van der Waals surface area contributed by atoms with Crippen molar-refractivity contribution >= 4 is 10.0 Å². The molecule has 0 aromatic carbocycles. The molecule has 0 aliphatic rings. The van der Waals surface area contributed by atoms with Crippen molar-refractivity contribution in [1.29, 1.82) is 0 Å². The van der Waals surface area contributed by atoms with Crippen LogP contribution in [0.1, 0.15) is 25.6 Å². The number of nitrogens with zero attached hydrogens (tertiary/aromatic N) is 2. The van der Waals surface area contributed by atoms with Crippen molar-refractivity contribution < 1.29 is 12.8 Å². The van der Waals surface area contributed by atoms with Crippen molar-refractivity contribution in [3.63, 3.8) is 0 Å². The number of primary sulfonamides is 1. The summed E-state index contributed by atoms with van der Waals surface area (Å²) in [6, 6.07) is 0. The monoisotopic (exact) mass is 233 g/mol. The van der Waals surface area contributed by atoms with E-state index in [-0.39, 0.29) is 5.82 Å². The lowest BCUT2D eigenvalue weighted by atomic mass is 10.1. The Morgan fingerprint density at radius 3 is 2.20 bits per heavy atom. The summed E-state index contributed by atoms with van der Waals surface area (Å²) in [6.45, 7) is 3.09. The van der Waals surface area contributed by atoms with Gasteiger partial charge in [-0.25, -0.2) is 27.9 Å². The van der Waals surface area contributed by atoms with Crippen molar-refractivity contribution in [3.8, 4) is 0 Å². The first-order chi connectivity index (χ1) is 6.82. The fraction of sp³-hybridized carbons (Fsp3) is 0.500. The lowest BCUT2D eigenvalue weighted by Crippen LogP contribution is -2.31. The summed E-state index contributed by atoms with van der Waals surface area (Å²) in [5.74, 6) is -0.771. The quantitative estimate of drug-likeness (QED) is 0.818. The van der Waals surface area contributed by atoms with Gasteiger partial charge in [-0.1, -0.05) is 6.92 Å². The van der Waals surface area contributed by atoms with Crippen molar-refractivity contribution in [3.05, 3.63) is 24.0 Å². The topological polar surface area (TPSA) is 85.9 Å². The largest absolute Gasteiger partial charge is 0.238 e. The van der Waals surface area contributed by atoms with Crippen LogP contribution < -0.4 is 5.14 Å². The molecule has 0 bridgehead atoms. The molecule has 0 spiro atoms. The Morgan fingerprint density at radius 2 is 1.80 bits per heavy atom. The molecule has 84 valence electrons. The molecule has 1 aromatic heterocycles. The molecule has 2 N–H and O–H groups in total. The summed E-state index contributed by atoms with van der Waals surface area (Å²) in [5.41, 5.74) is 0. The Bertz CT molecular complexity index is 432. The first-order valence-electron chi connectivity index (χ1n) is 4.31. The number of halogens is 1. The molecule has 0 radical (unpaired) electrons. The van der Waals surface area contributed by atoms with Crippen LogP contribution in [0.15, 0.2) is 12.4 Å². The third-order valence-electron chi connectivity index (χ3n) is 2.27. The van der Waals surface area contributed by atoms with E-state index in [4.69, 9.17) is 5.14 Å². The molecule has 0 aliphatic carbocycles. The number of hydrogen-bond acceptors (Lipinski definition) is 4. The number of rotatable bonds is 3. The van der Waals surface area contributed by atoms with Gasteiger partial charge in [-0.05, 0) is 6.92 Å². The van der Waals surface area contributed by atoms with Gasteiger partial charge in [0.1, 0.15) is 5.82 Å². The van der Waals surface area contributed by atoms with Gasteiger partial charge in [-0.3, -0.25) is 0 Å². The molecule has 0 amide bonds. The molecule has 0 aliphatic heterocycles. The molecule has 2 atom stereocenters. The maximum absolute atomic E-state index is 12.5. The predicted molar refractivity (Wildman–Crippen MR) is 53.0 cm³/mol. The van der Waals surface area contributed by atoms with Gasteiger partial charge in [-0.15, -0.1) is 0 Å². The van der Waals surface area contributed by atoms with Crippen LogP contribution in [0, 0.1) is 5.82 Å². The Balaban J connectivity index is 2.95. The summed E-state index contributed by atoms with van der Waals surface area (Å²) < 4.78 is 34.6. The van der Waals surface area contributed by atoms with Crippen molar-refractivity contribution in [1.82, 2.24) is 9.97 Å². The molecule has 0 saturated heterocycles. The maximum Gasteiger partial charge on any atom is 0.212 e. The smallest absolute Gasteiger partial charge is 0.212 e. The second-order valence-electron chi connectivity index (χ2n) is 3.34. The van der Waals surface area contributed by atoms with Crippen molar-refractivity contribution in [2.45, 2.75) is 25.0 Å². The van der Waals surface area contributed by atoms with Crippen molar-refractivity contribution in [2.75, 3.05) is 0 Å². The zero-order valence-electron chi connectivity index (χ0n) is 8.38. The maximum atomic E-state index is 12.5. The van der Waals surface area contributed by atoms with Crippen LogP contribution in [0.3, 0.4) is 0 Å². The highest BCUT2D eigenvalue weighted by atomic mass is 32.2. The van der Waals surface area contributed by atoms with Crippen LogP contribution in [0.25, 0.3) is 0 Å². The van der Waals surface area contributed by atoms with Gasteiger partial charge in [0.15, 0.2) is 5.82 Å². The summed E-state index contributed by atoms with van der Waals surface area (Å²) in [7, 11) is -3.63. The molecule has 5 nitrogen and oxygen atoms in total. The Labute approximate surface area is 87.6 Å². The molecular formula is C8H12FN3O2S. The molecule has 0 unspecified atom stereocenters. The Morgan fingerprint density at radius 1 is 1.33 bits per heavy atom. The van der Waals surface area contributed by atoms with E-state index in [0.717, 1.165) is 12.4 Å². The molecule has 0 saturated carbocycles. The Hall–Kier alpha value is -1.08. The average Bonchev–Trinajstić information content (AvgIpc) is 2.15. The first-order valence-corrected chi connectivity index (χ1v) is 5.92. The molecular weight excluding hydrogens is 221 g/mol. The molecule has 15 heavy (non-hydrogen) atoms. The van der Waals surface area contributed by atoms with Gasteiger partial charge in [0.2, 0.25) is 10.0 Å². The van der Waals surface area contributed by atoms with E-state index >= 15 is 0 Å². The van der Waals surface area contributed by atoms with E-state index in [1.165, 1.54) is 6.92 Å². The van der Waals surface area contributed by atoms with E-state index in [2.05, 4.69) is 9.97 Å². The minimum Gasteiger partial charge on any atom is -0.238 e. The summed E-state index contributed by atoms with van der Waals surface area (Å²) in [5, 5.41) is 4.19. The van der Waals surface area contributed by atoms with Gasteiger partial charge in [0.05, 0.1) is 17.6 Å². The second kappa shape index (κ2) is 4.19. The lowest BCUT2D eigenvalue weighted by Gasteiger charge is -2.15. The number of hydrogen-bond donors (Lipinski definition) is 1. The molecule has 1 aromatic rings. The lowest BCUT2D eigenvalue weighted by molar-refractivity contribution is 0.559. The normalized spacial score (nSPS) is 16.0. The minimum absolute atomic E-state index is 0.262. The van der Waals surface area contributed by atoms with Crippen molar-refractivity contribution in [2.24, 2.45) is 5.14 Å². The Kier molecular flexibility index (Phi) is 3.35. The highest BCUT2D eigenvalue weighted by molar-refractivity contribution is 7.89. The fourth-order valence-electron chi connectivity index (χ4n) is 1.05. The number of aromatic nitrogens is 2. The highest BCUT2D eigenvalue weighted by Gasteiger charge is 2.26. The zero-order valence-corrected chi connectivity index (χ0v) is 9.20. The zero-order chi connectivity index (χ0) is 11.6.